The van der Waals surface area contributed by atoms with Crippen molar-refractivity contribution in [2.75, 3.05) is 31.7 Å². The number of carbonyl (C=O) groups is 5. The normalized spacial score (nSPS) is 13.7. The lowest BCUT2D eigenvalue weighted by molar-refractivity contribution is -0.151. The van der Waals surface area contributed by atoms with Crippen LogP contribution in [0.2, 0.25) is 0 Å². The number of esters is 1. The first kappa shape index (κ1) is 22.4. The summed E-state index contributed by atoms with van der Waals surface area (Å²) in [5.74, 6) is -2.88. The molecule has 1 heterocycles. The highest BCUT2D eigenvalue weighted by atomic mass is 32.2. The van der Waals surface area contributed by atoms with Crippen LogP contribution in [0.3, 0.4) is 0 Å². The van der Waals surface area contributed by atoms with Gasteiger partial charge in [-0.1, -0.05) is 19.1 Å². The SMILES string of the molecule is CCCNC(=O)CNC(=O)COC(=O)[C@H](CSC)N1C(=O)c2ccccc2C1=O. The molecule has 0 radical (unpaired) electrons. The van der Waals surface area contributed by atoms with Gasteiger partial charge in [0.25, 0.3) is 17.7 Å². The van der Waals surface area contributed by atoms with E-state index in [0.29, 0.717) is 6.54 Å². The number of fused-ring (bicyclic) bond motifs is 1. The summed E-state index contributed by atoms with van der Waals surface area (Å²) in [6.45, 7) is 1.55. The molecule has 29 heavy (non-hydrogen) atoms. The number of amides is 4. The molecule has 1 atom stereocenters. The van der Waals surface area contributed by atoms with E-state index in [0.717, 1.165) is 11.3 Å². The van der Waals surface area contributed by atoms with Crippen LogP contribution >= 0.6 is 11.8 Å². The molecule has 156 valence electrons. The van der Waals surface area contributed by atoms with Gasteiger partial charge in [0.2, 0.25) is 5.91 Å². The second-order valence-electron chi connectivity index (χ2n) is 6.23. The van der Waals surface area contributed by atoms with E-state index in [1.807, 2.05) is 6.92 Å². The third-order valence-corrected chi connectivity index (χ3v) is 4.75. The minimum absolute atomic E-state index is 0.130. The third kappa shape index (κ3) is 5.57. The van der Waals surface area contributed by atoms with Crippen LogP contribution in [0.25, 0.3) is 0 Å². The lowest BCUT2D eigenvalue weighted by Gasteiger charge is -2.23. The Morgan fingerprint density at radius 1 is 1.07 bits per heavy atom. The molecule has 0 bridgehead atoms. The van der Waals surface area contributed by atoms with Crippen molar-refractivity contribution in [1.82, 2.24) is 15.5 Å². The van der Waals surface area contributed by atoms with Gasteiger partial charge >= 0.3 is 5.97 Å². The molecule has 0 fully saturated rings. The van der Waals surface area contributed by atoms with E-state index in [2.05, 4.69) is 10.6 Å². The van der Waals surface area contributed by atoms with Crippen LogP contribution in [0.1, 0.15) is 34.1 Å². The Labute approximate surface area is 172 Å². The van der Waals surface area contributed by atoms with E-state index in [4.69, 9.17) is 4.74 Å². The average Bonchev–Trinajstić information content (AvgIpc) is 2.97. The fraction of sp³-hybridized carbons (Fsp3) is 0.421. The number of nitrogens with one attached hydrogen (secondary N) is 2. The molecular formula is C19H23N3O6S. The fourth-order valence-electron chi connectivity index (χ4n) is 2.69. The van der Waals surface area contributed by atoms with Gasteiger partial charge in [-0.15, -0.1) is 0 Å². The Kier molecular flexibility index (Phi) is 8.20. The van der Waals surface area contributed by atoms with Gasteiger partial charge in [0.1, 0.15) is 6.04 Å². The smallest absolute Gasteiger partial charge is 0.330 e. The molecule has 0 unspecified atom stereocenters. The van der Waals surface area contributed by atoms with E-state index < -0.39 is 36.3 Å². The summed E-state index contributed by atoms with van der Waals surface area (Å²) in [5, 5.41) is 4.94. The minimum Gasteiger partial charge on any atom is -0.454 e. The zero-order valence-electron chi connectivity index (χ0n) is 16.2. The molecule has 1 aliphatic rings. The maximum Gasteiger partial charge on any atom is 0.330 e. The highest BCUT2D eigenvalue weighted by Gasteiger charge is 2.43. The van der Waals surface area contributed by atoms with E-state index >= 15 is 0 Å². The molecule has 0 aliphatic carbocycles. The lowest BCUT2D eigenvalue weighted by Crippen LogP contribution is -2.48. The minimum atomic E-state index is -1.15. The predicted molar refractivity (Wildman–Crippen MR) is 106 cm³/mol. The number of carbonyl (C=O) groups excluding carboxylic acids is 5. The van der Waals surface area contributed by atoms with Crippen LogP contribution in [0, 0.1) is 0 Å². The number of nitrogens with zero attached hydrogens (tertiary/aromatic N) is 1. The van der Waals surface area contributed by atoms with Gasteiger partial charge in [0, 0.05) is 12.3 Å². The van der Waals surface area contributed by atoms with Crippen molar-refractivity contribution in [3.8, 4) is 0 Å². The number of hydrogen-bond acceptors (Lipinski definition) is 7. The maximum absolute atomic E-state index is 12.6. The van der Waals surface area contributed by atoms with Crippen molar-refractivity contribution in [3.63, 3.8) is 0 Å². The number of hydrogen-bond donors (Lipinski definition) is 2. The van der Waals surface area contributed by atoms with Gasteiger partial charge in [-0.05, 0) is 24.8 Å². The molecule has 2 N–H and O–H groups in total. The first-order valence-electron chi connectivity index (χ1n) is 9.06. The van der Waals surface area contributed by atoms with Crippen LogP contribution in [0.15, 0.2) is 24.3 Å². The molecule has 1 aromatic rings. The second-order valence-corrected chi connectivity index (χ2v) is 7.14. The van der Waals surface area contributed by atoms with Crippen molar-refractivity contribution >= 4 is 41.4 Å². The number of thioether (sulfide) groups is 1. The van der Waals surface area contributed by atoms with Crippen LogP contribution in [-0.4, -0.2) is 72.2 Å². The standard InChI is InChI=1S/C19H23N3O6S/c1-3-8-20-15(23)9-21-16(24)10-28-19(27)14(11-29-2)22-17(25)12-6-4-5-7-13(12)18(22)26/h4-7,14H,3,8-11H2,1-2H3,(H,20,23)(H,21,24)/t14-/m0/s1. The van der Waals surface area contributed by atoms with E-state index in [1.165, 1.54) is 23.9 Å². The van der Waals surface area contributed by atoms with Crippen molar-refractivity contribution in [2.24, 2.45) is 0 Å². The number of ether oxygens (including phenoxy) is 1. The quantitative estimate of drug-likeness (QED) is 0.409. The largest absolute Gasteiger partial charge is 0.454 e. The van der Waals surface area contributed by atoms with Gasteiger partial charge in [0.15, 0.2) is 6.61 Å². The van der Waals surface area contributed by atoms with E-state index in [9.17, 15) is 24.0 Å². The molecule has 1 aromatic carbocycles. The molecular weight excluding hydrogens is 398 g/mol. The van der Waals surface area contributed by atoms with Crippen LogP contribution in [0.4, 0.5) is 0 Å². The van der Waals surface area contributed by atoms with Gasteiger partial charge < -0.3 is 15.4 Å². The fourth-order valence-corrected chi connectivity index (χ4v) is 3.29. The molecule has 4 amide bonds. The molecule has 9 nitrogen and oxygen atoms in total. The summed E-state index contributed by atoms with van der Waals surface area (Å²) in [5.41, 5.74) is 0.458. The van der Waals surface area contributed by atoms with Gasteiger partial charge in [-0.25, -0.2) is 4.79 Å². The van der Waals surface area contributed by atoms with Crippen LogP contribution in [0.5, 0.6) is 0 Å². The first-order valence-corrected chi connectivity index (χ1v) is 10.5. The maximum atomic E-state index is 12.6. The zero-order chi connectivity index (χ0) is 21.4. The topological polar surface area (TPSA) is 122 Å². The van der Waals surface area contributed by atoms with Crippen LogP contribution < -0.4 is 10.6 Å². The third-order valence-electron chi connectivity index (χ3n) is 4.10. The molecule has 10 heteroatoms. The van der Waals surface area contributed by atoms with Gasteiger partial charge in [-0.3, -0.25) is 24.1 Å². The number of rotatable bonds is 10. The van der Waals surface area contributed by atoms with Gasteiger partial charge in [0.05, 0.1) is 17.7 Å². The van der Waals surface area contributed by atoms with Crippen molar-refractivity contribution in [2.45, 2.75) is 19.4 Å². The zero-order valence-corrected chi connectivity index (χ0v) is 17.0. The van der Waals surface area contributed by atoms with E-state index in [-0.39, 0.29) is 29.3 Å². The Bertz CT molecular complexity index is 778. The highest BCUT2D eigenvalue weighted by molar-refractivity contribution is 7.98. The monoisotopic (exact) mass is 421 g/mol. The Morgan fingerprint density at radius 3 is 2.24 bits per heavy atom. The molecule has 0 spiro atoms. The number of benzene rings is 1. The molecule has 2 rings (SSSR count). The van der Waals surface area contributed by atoms with Crippen LogP contribution in [-0.2, 0) is 19.1 Å². The second kappa shape index (κ2) is 10.6. The summed E-state index contributed by atoms with van der Waals surface area (Å²) in [4.78, 5) is 61.9. The Morgan fingerprint density at radius 2 is 1.69 bits per heavy atom. The van der Waals surface area contributed by atoms with Crippen molar-refractivity contribution in [1.29, 1.82) is 0 Å². The highest BCUT2D eigenvalue weighted by Crippen LogP contribution is 2.26. The Balaban J connectivity index is 1.95. The predicted octanol–water partition coefficient (Wildman–Crippen LogP) is 0.200. The van der Waals surface area contributed by atoms with Crippen molar-refractivity contribution < 1.29 is 28.7 Å². The van der Waals surface area contributed by atoms with Gasteiger partial charge in [-0.2, -0.15) is 11.8 Å². The summed E-state index contributed by atoms with van der Waals surface area (Å²) in [6.07, 6.45) is 2.49. The summed E-state index contributed by atoms with van der Waals surface area (Å²) < 4.78 is 5.00. The summed E-state index contributed by atoms with van der Waals surface area (Å²) >= 11 is 1.26. The number of imide groups is 1. The summed E-state index contributed by atoms with van der Waals surface area (Å²) in [7, 11) is 0. The van der Waals surface area contributed by atoms with Crippen molar-refractivity contribution in [3.05, 3.63) is 35.4 Å². The first-order chi connectivity index (χ1) is 13.9. The molecule has 0 saturated carbocycles. The van der Waals surface area contributed by atoms with E-state index in [1.54, 1.807) is 18.4 Å². The molecule has 0 aromatic heterocycles. The lowest BCUT2D eigenvalue weighted by atomic mass is 10.1. The summed E-state index contributed by atoms with van der Waals surface area (Å²) in [6, 6.07) is 5.16. The average molecular weight is 421 g/mol. The molecule has 0 saturated heterocycles. The Hall–Kier alpha value is -2.88. The molecule has 1 aliphatic heterocycles.